The Morgan fingerprint density at radius 2 is 2.00 bits per heavy atom. The van der Waals surface area contributed by atoms with Crippen molar-refractivity contribution in [2.24, 2.45) is 5.73 Å². The molecule has 0 heterocycles. The van der Waals surface area contributed by atoms with Crippen LogP contribution in [0, 0.1) is 0 Å². The molecule has 0 fully saturated rings. The molecular formula is C10H13NO2. The molecule has 0 spiro atoms. The van der Waals surface area contributed by atoms with Crippen LogP contribution in [0.5, 0.6) is 0 Å². The number of aliphatic hydroxyl groups is 1. The van der Waals surface area contributed by atoms with Gasteiger partial charge in [-0.1, -0.05) is 30.3 Å². The van der Waals surface area contributed by atoms with Crippen molar-refractivity contribution in [1.29, 1.82) is 0 Å². The zero-order valence-electron chi connectivity index (χ0n) is 7.31. The smallest absolute Gasteiger partial charge is 0.246 e. The fraction of sp³-hybridized carbons (Fsp3) is 0.300. The van der Waals surface area contributed by atoms with Gasteiger partial charge in [-0.2, -0.15) is 0 Å². The Bertz CT molecular complexity index is 272. The average Bonchev–Trinajstić information content (AvgIpc) is 2.15. The maximum absolute atomic E-state index is 10.5. The number of hydrogen-bond donors (Lipinski definition) is 2. The van der Waals surface area contributed by atoms with E-state index in [4.69, 9.17) is 10.8 Å². The van der Waals surface area contributed by atoms with Crippen LogP contribution in [0.1, 0.15) is 12.0 Å². The van der Waals surface area contributed by atoms with Crippen molar-refractivity contribution in [3.63, 3.8) is 0 Å². The van der Waals surface area contributed by atoms with Gasteiger partial charge in [0.1, 0.15) is 6.10 Å². The SMILES string of the molecule is NC(=O)C(O)CCc1ccccc1. The summed E-state index contributed by atoms with van der Waals surface area (Å²) in [6, 6.07) is 9.67. The number of aryl methyl sites for hydroxylation is 1. The molecule has 0 saturated heterocycles. The van der Waals surface area contributed by atoms with Gasteiger partial charge in [0, 0.05) is 0 Å². The number of rotatable bonds is 4. The molecule has 0 aliphatic heterocycles. The molecule has 3 nitrogen and oxygen atoms in total. The maximum Gasteiger partial charge on any atom is 0.246 e. The van der Waals surface area contributed by atoms with Crippen LogP contribution < -0.4 is 5.73 Å². The molecule has 1 atom stereocenters. The normalized spacial score (nSPS) is 12.4. The van der Waals surface area contributed by atoms with E-state index in [0.717, 1.165) is 5.56 Å². The van der Waals surface area contributed by atoms with Crippen molar-refractivity contribution < 1.29 is 9.90 Å². The largest absolute Gasteiger partial charge is 0.383 e. The molecule has 1 unspecified atom stereocenters. The topological polar surface area (TPSA) is 63.3 Å². The highest BCUT2D eigenvalue weighted by atomic mass is 16.3. The number of amides is 1. The van der Waals surface area contributed by atoms with Crippen LogP contribution >= 0.6 is 0 Å². The van der Waals surface area contributed by atoms with Crippen LogP contribution in [-0.2, 0) is 11.2 Å². The lowest BCUT2D eigenvalue weighted by Gasteiger charge is -2.05. The van der Waals surface area contributed by atoms with Crippen LogP contribution in [0.3, 0.4) is 0 Å². The number of benzene rings is 1. The van der Waals surface area contributed by atoms with Gasteiger partial charge < -0.3 is 10.8 Å². The first-order chi connectivity index (χ1) is 6.20. The third-order valence-electron chi connectivity index (χ3n) is 1.88. The van der Waals surface area contributed by atoms with Crippen molar-refractivity contribution in [2.45, 2.75) is 18.9 Å². The highest BCUT2D eigenvalue weighted by molar-refractivity contribution is 5.78. The predicted molar refractivity (Wildman–Crippen MR) is 50.0 cm³/mol. The van der Waals surface area contributed by atoms with E-state index in [1.54, 1.807) is 0 Å². The molecule has 3 N–H and O–H groups in total. The Morgan fingerprint density at radius 1 is 1.38 bits per heavy atom. The fourth-order valence-electron chi connectivity index (χ4n) is 1.09. The van der Waals surface area contributed by atoms with Crippen molar-refractivity contribution >= 4 is 5.91 Å². The summed E-state index contributed by atoms with van der Waals surface area (Å²) in [6.07, 6.45) is 0.0322. The van der Waals surface area contributed by atoms with Gasteiger partial charge in [0.2, 0.25) is 5.91 Å². The molecule has 3 heteroatoms. The summed E-state index contributed by atoms with van der Waals surface area (Å²) in [5, 5.41) is 9.11. The van der Waals surface area contributed by atoms with Crippen LogP contribution in [-0.4, -0.2) is 17.1 Å². The van der Waals surface area contributed by atoms with E-state index in [0.29, 0.717) is 12.8 Å². The molecule has 70 valence electrons. The third-order valence-corrected chi connectivity index (χ3v) is 1.88. The lowest BCUT2D eigenvalue weighted by molar-refractivity contribution is -0.126. The minimum absolute atomic E-state index is 0.388. The van der Waals surface area contributed by atoms with Crippen LogP contribution in [0.15, 0.2) is 30.3 Å². The van der Waals surface area contributed by atoms with Gasteiger partial charge in [-0.3, -0.25) is 4.79 Å². The van der Waals surface area contributed by atoms with Gasteiger partial charge in [0.25, 0.3) is 0 Å². The maximum atomic E-state index is 10.5. The second-order valence-electron chi connectivity index (χ2n) is 2.94. The second-order valence-corrected chi connectivity index (χ2v) is 2.94. The van der Waals surface area contributed by atoms with Gasteiger partial charge >= 0.3 is 0 Å². The fourth-order valence-corrected chi connectivity index (χ4v) is 1.09. The number of carbonyl (C=O) groups excluding carboxylic acids is 1. The highest BCUT2D eigenvalue weighted by Crippen LogP contribution is 2.04. The van der Waals surface area contributed by atoms with Gasteiger partial charge in [-0.15, -0.1) is 0 Å². The Hall–Kier alpha value is -1.35. The number of carbonyl (C=O) groups is 1. The highest BCUT2D eigenvalue weighted by Gasteiger charge is 2.09. The molecule has 1 aromatic carbocycles. The number of nitrogens with two attached hydrogens (primary N) is 1. The summed E-state index contributed by atoms with van der Waals surface area (Å²) in [5.41, 5.74) is 6.01. The summed E-state index contributed by atoms with van der Waals surface area (Å²) in [4.78, 5) is 10.5. The predicted octanol–water partition coefficient (Wildman–Crippen LogP) is 0.465. The van der Waals surface area contributed by atoms with Gasteiger partial charge in [0.05, 0.1) is 0 Å². The van der Waals surface area contributed by atoms with Crippen molar-refractivity contribution in [3.8, 4) is 0 Å². The number of aliphatic hydroxyl groups excluding tert-OH is 1. The average molecular weight is 179 g/mol. The Morgan fingerprint density at radius 3 is 2.54 bits per heavy atom. The van der Waals surface area contributed by atoms with E-state index in [2.05, 4.69) is 0 Å². The van der Waals surface area contributed by atoms with E-state index in [1.807, 2.05) is 30.3 Å². The van der Waals surface area contributed by atoms with E-state index >= 15 is 0 Å². The summed E-state index contributed by atoms with van der Waals surface area (Å²) < 4.78 is 0. The van der Waals surface area contributed by atoms with E-state index in [-0.39, 0.29) is 0 Å². The molecule has 0 radical (unpaired) electrons. The summed E-state index contributed by atoms with van der Waals surface area (Å²) in [6.45, 7) is 0. The third kappa shape index (κ3) is 3.25. The summed E-state index contributed by atoms with van der Waals surface area (Å²) >= 11 is 0. The quantitative estimate of drug-likeness (QED) is 0.705. The van der Waals surface area contributed by atoms with Crippen LogP contribution in [0.4, 0.5) is 0 Å². The molecule has 0 bridgehead atoms. The first-order valence-electron chi connectivity index (χ1n) is 4.21. The van der Waals surface area contributed by atoms with Crippen molar-refractivity contribution in [2.75, 3.05) is 0 Å². The summed E-state index contributed by atoms with van der Waals surface area (Å²) in [5.74, 6) is -0.657. The first kappa shape index (κ1) is 9.74. The van der Waals surface area contributed by atoms with Crippen LogP contribution in [0.25, 0.3) is 0 Å². The minimum Gasteiger partial charge on any atom is -0.383 e. The van der Waals surface area contributed by atoms with Crippen molar-refractivity contribution in [3.05, 3.63) is 35.9 Å². The monoisotopic (exact) mass is 179 g/mol. The molecule has 0 aromatic heterocycles. The molecule has 13 heavy (non-hydrogen) atoms. The number of primary amides is 1. The van der Waals surface area contributed by atoms with Gasteiger partial charge in [-0.25, -0.2) is 0 Å². The van der Waals surface area contributed by atoms with E-state index in [9.17, 15) is 4.79 Å². The van der Waals surface area contributed by atoms with Crippen LogP contribution in [0.2, 0.25) is 0 Å². The molecule has 1 aromatic rings. The summed E-state index contributed by atoms with van der Waals surface area (Å²) in [7, 11) is 0. The van der Waals surface area contributed by atoms with Gasteiger partial charge in [-0.05, 0) is 18.4 Å². The standard InChI is InChI=1S/C10H13NO2/c11-10(13)9(12)7-6-8-4-2-1-3-5-8/h1-5,9,12H,6-7H2,(H2,11,13). The molecule has 1 amide bonds. The lowest BCUT2D eigenvalue weighted by Crippen LogP contribution is -2.28. The Kier molecular flexibility index (Phi) is 3.46. The minimum atomic E-state index is -1.03. The zero-order valence-corrected chi connectivity index (χ0v) is 7.31. The Balaban J connectivity index is 2.39. The molecular weight excluding hydrogens is 166 g/mol. The molecule has 0 aliphatic carbocycles. The molecule has 1 rings (SSSR count). The molecule has 0 aliphatic rings. The zero-order chi connectivity index (χ0) is 9.68. The van der Waals surface area contributed by atoms with E-state index < -0.39 is 12.0 Å². The van der Waals surface area contributed by atoms with Gasteiger partial charge in [0.15, 0.2) is 0 Å². The lowest BCUT2D eigenvalue weighted by atomic mass is 10.1. The first-order valence-corrected chi connectivity index (χ1v) is 4.21. The number of hydrogen-bond acceptors (Lipinski definition) is 2. The molecule has 0 saturated carbocycles. The second kappa shape index (κ2) is 4.62. The van der Waals surface area contributed by atoms with E-state index in [1.165, 1.54) is 0 Å². The Labute approximate surface area is 77.2 Å². The van der Waals surface area contributed by atoms with Crippen molar-refractivity contribution in [1.82, 2.24) is 0 Å².